The van der Waals surface area contributed by atoms with Gasteiger partial charge in [0, 0.05) is 44.3 Å². The highest BCUT2D eigenvalue weighted by molar-refractivity contribution is 7.92. The van der Waals surface area contributed by atoms with Crippen molar-refractivity contribution in [1.29, 1.82) is 0 Å². The van der Waals surface area contributed by atoms with Crippen molar-refractivity contribution in [2.75, 3.05) is 41.9 Å². The van der Waals surface area contributed by atoms with Crippen LogP contribution in [0.5, 0.6) is 0 Å². The van der Waals surface area contributed by atoms with Gasteiger partial charge in [-0.1, -0.05) is 18.2 Å². The van der Waals surface area contributed by atoms with Crippen molar-refractivity contribution in [3.63, 3.8) is 0 Å². The lowest BCUT2D eigenvalue weighted by Crippen LogP contribution is -2.52. The molecule has 0 saturated carbocycles. The van der Waals surface area contributed by atoms with Crippen molar-refractivity contribution in [3.05, 3.63) is 84.9 Å². The number of amides is 1. The maximum absolute atomic E-state index is 13.4. The first-order valence-electron chi connectivity index (χ1n) is 10.2. The van der Waals surface area contributed by atoms with Gasteiger partial charge in [-0.25, -0.2) is 12.8 Å². The number of rotatable bonds is 6. The number of para-hydroxylation sites is 1. The first-order chi connectivity index (χ1) is 15.4. The third kappa shape index (κ3) is 4.72. The zero-order chi connectivity index (χ0) is 22.6. The summed E-state index contributed by atoms with van der Waals surface area (Å²) in [6.07, 6.45) is 2.70. The van der Waals surface area contributed by atoms with Gasteiger partial charge in [0.2, 0.25) is 5.91 Å². The summed E-state index contributed by atoms with van der Waals surface area (Å²) in [5, 5.41) is 0. The smallest absolute Gasteiger partial charge is 0.266 e. The fourth-order valence-electron chi connectivity index (χ4n) is 3.63. The molecule has 7 nitrogen and oxygen atoms in total. The van der Waals surface area contributed by atoms with Gasteiger partial charge >= 0.3 is 0 Å². The predicted octanol–water partition coefficient (Wildman–Crippen LogP) is 2.76. The number of hydrogen-bond donors (Lipinski definition) is 0. The number of carbonyl (C=O) groups is 1. The first kappa shape index (κ1) is 21.8. The largest absolute Gasteiger partial charge is 0.368 e. The topological polar surface area (TPSA) is 73.8 Å². The minimum absolute atomic E-state index is 0.0361. The lowest BCUT2D eigenvalue weighted by Gasteiger charge is -2.37. The van der Waals surface area contributed by atoms with E-state index in [9.17, 15) is 17.6 Å². The maximum atomic E-state index is 13.4. The quantitative estimate of drug-likeness (QED) is 0.573. The molecule has 2 heterocycles. The molecule has 1 saturated heterocycles. The minimum atomic E-state index is -4.06. The van der Waals surface area contributed by atoms with Gasteiger partial charge in [0.15, 0.2) is 0 Å². The maximum Gasteiger partial charge on any atom is 0.266 e. The summed E-state index contributed by atoms with van der Waals surface area (Å²) in [6, 6.07) is 17.9. The predicted molar refractivity (Wildman–Crippen MR) is 120 cm³/mol. The van der Waals surface area contributed by atoms with E-state index < -0.39 is 15.8 Å². The molecule has 9 heteroatoms. The molecule has 1 aliphatic rings. The summed E-state index contributed by atoms with van der Waals surface area (Å²) < 4.78 is 41.0. The number of halogens is 1. The Labute approximate surface area is 186 Å². The van der Waals surface area contributed by atoms with E-state index in [1.165, 1.54) is 48.8 Å². The lowest BCUT2D eigenvalue weighted by molar-refractivity contribution is -0.129. The van der Waals surface area contributed by atoms with Gasteiger partial charge in [-0.2, -0.15) is 0 Å². The Kier molecular flexibility index (Phi) is 6.36. The number of carbonyl (C=O) groups excluding carboxylic acids is 1. The number of pyridine rings is 1. The molecule has 3 aromatic rings. The zero-order valence-electron chi connectivity index (χ0n) is 17.3. The highest BCUT2D eigenvalue weighted by atomic mass is 32.2. The van der Waals surface area contributed by atoms with Crippen LogP contribution >= 0.6 is 0 Å². The lowest BCUT2D eigenvalue weighted by atomic mass is 10.2. The second kappa shape index (κ2) is 9.35. The molecule has 1 aliphatic heterocycles. The van der Waals surface area contributed by atoms with Gasteiger partial charge in [-0.05, 0) is 48.5 Å². The Hall–Kier alpha value is -3.46. The fourth-order valence-corrected chi connectivity index (χ4v) is 5.00. The summed E-state index contributed by atoms with van der Waals surface area (Å²) in [5.74, 6) is -0.801. The van der Waals surface area contributed by atoms with Gasteiger partial charge in [-0.3, -0.25) is 14.1 Å². The first-order valence-corrected chi connectivity index (χ1v) is 11.7. The SMILES string of the molecule is O=C(CN(c1ccc(F)cc1)S(=O)(=O)c1cccnc1)N1CCN(c2ccccc2)CC1. The third-order valence-corrected chi connectivity index (χ3v) is 7.13. The van der Waals surface area contributed by atoms with Gasteiger partial charge in [0.25, 0.3) is 10.0 Å². The second-order valence-corrected chi connectivity index (χ2v) is 9.24. The molecular weight excluding hydrogens is 431 g/mol. The normalized spacial score (nSPS) is 14.3. The van der Waals surface area contributed by atoms with E-state index in [2.05, 4.69) is 9.88 Å². The van der Waals surface area contributed by atoms with E-state index in [1.807, 2.05) is 30.3 Å². The van der Waals surface area contributed by atoms with Crippen LogP contribution in [0.4, 0.5) is 15.8 Å². The van der Waals surface area contributed by atoms with Crippen LogP contribution in [0.2, 0.25) is 0 Å². The summed E-state index contributed by atoms with van der Waals surface area (Å²) in [5.41, 5.74) is 1.30. The van der Waals surface area contributed by atoms with Crippen LogP contribution < -0.4 is 9.21 Å². The van der Waals surface area contributed by atoms with E-state index in [0.717, 1.165) is 9.99 Å². The number of sulfonamides is 1. The molecule has 1 fully saturated rings. The number of benzene rings is 2. The number of nitrogens with zero attached hydrogens (tertiary/aromatic N) is 4. The van der Waals surface area contributed by atoms with E-state index in [4.69, 9.17) is 0 Å². The molecular formula is C23H23FN4O3S. The van der Waals surface area contributed by atoms with E-state index >= 15 is 0 Å². The molecule has 1 amide bonds. The molecule has 0 N–H and O–H groups in total. The fraction of sp³-hybridized carbons (Fsp3) is 0.217. The van der Waals surface area contributed by atoms with Gasteiger partial charge < -0.3 is 9.80 Å². The summed E-state index contributed by atoms with van der Waals surface area (Å²) >= 11 is 0. The number of piperazine rings is 1. The van der Waals surface area contributed by atoms with Crippen molar-refractivity contribution in [1.82, 2.24) is 9.88 Å². The molecule has 32 heavy (non-hydrogen) atoms. The third-order valence-electron chi connectivity index (χ3n) is 5.37. The molecule has 2 aromatic carbocycles. The molecule has 0 spiro atoms. The molecule has 0 atom stereocenters. The van der Waals surface area contributed by atoms with E-state index in [1.54, 1.807) is 4.90 Å². The van der Waals surface area contributed by atoms with Crippen molar-refractivity contribution < 1.29 is 17.6 Å². The molecule has 1 aromatic heterocycles. The van der Waals surface area contributed by atoms with Crippen LogP contribution in [0.1, 0.15) is 0 Å². The Morgan fingerprint density at radius 3 is 2.25 bits per heavy atom. The second-order valence-electron chi connectivity index (χ2n) is 7.38. The Balaban J connectivity index is 1.52. The average Bonchev–Trinajstić information content (AvgIpc) is 2.84. The van der Waals surface area contributed by atoms with Crippen molar-refractivity contribution >= 4 is 27.3 Å². The average molecular weight is 455 g/mol. The Bertz CT molecular complexity index is 1150. The van der Waals surface area contributed by atoms with Crippen LogP contribution in [-0.2, 0) is 14.8 Å². The summed E-state index contributed by atoms with van der Waals surface area (Å²) in [7, 11) is -4.06. The van der Waals surface area contributed by atoms with Crippen LogP contribution in [0.25, 0.3) is 0 Å². The van der Waals surface area contributed by atoms with E-state index in [0.29, 0.717) is 26.2 Å². The van der Waals surface area contributed by atoms with Gasteiger partial charge in [0.1, 0.15) is 17.3 Å². The number of anilines is 2. The van der Waals surface area contributed by atoms with Crippen LogP contribution in [-0.4, -0.2) is 56.9 Å². The Morgan fingerprint density at radius 1 is 0.938 bits per heavy atom. The molecule has 0 aliphatic carbocycles. The van der Waals surface area contributed by atoms with Crippen molar-refractivity contribution in [3.8, 4) is 0 Å². The number of aromatic nitrogens is 1. The molecule has 0 bridgehead atoms. The monoisotopic (exact) mass is 454 g/mol. The minimum Gasteiger partial charge on any atom is -0.368 e. The molecule has 0 unspecified atom stereocenters. The molecule has 4 rings (SSSR count). The van der Waals surface area contributed by atoms with Crippen LogP contribution in [0, 0.1) is 5.82 Å². The Morgan fingerprint density at radius 2 is 1.62 bits per heavy atom. The van der Waals surface area contributed by atoms with Crippen molar-refractivity contribution in [2.24, 2.45) is 0 Å². The molecule has 166 valence electrons. The van der Waals surface area contributed by atoms with Crippen molar-refractivity contribution in [2.45, 2.75) is 4.90 Å². The van der Waals surface area contributed by atoms with Gasteiger partial charge in [0.05, 0.1) is 5.69 Å². The molecule has 0 radical (unpaired) electrons. The summed E-state index contributed by atoms with van der Waals surface area (Å²) in [4.78, 5) is 20.8. The highest BCUT2D eigenvalue weighted by Crippen LogP contribution is 2.24. The van der Waals surface area contributed by atoms with Gasteiger partial charge in [-0.15, -0.1) is 0 Å². The number of hydrogen-bond acceptors (Lipinski definition) is 5. The van der Waals surface area contributed by atoms with E-state index in [-0.39, 0.29) is 23.0 Å². The summed E-state index contributed by atoms with van der Waals surface area (Å²) in [6.45, 7) is 1.90. The van der Waals surface area contributed by atoms with Crippen LogP contribution in [0.15, 0.2) is 84.0 Å². The highest BCUT2D eigenvalue weighted by Gasteiger charge is 2.30. The van der Waals surface area contributed by atoms with Crippen LogP contribution in [0.3, 0.4) is 0 Å². The standard InChI is InChI=1S/C23H23FN4O3S/c24-19-8-10-21(11-9-19)28(32(30,31)22-7-4-12-25-17-22)18-23(29)27-15-13-26(14-16-27)20-5-2-1-3-6-20/h1-12,17H,13-16,18H2. The zero-order valence-corrected chi connectivity index (χ0v) is 18.2.